The molecule has 7 heteroatoms. The van der Waals surface area contributed by atoms with Gasteiger partial charge in [-0.2, -0.15) is 0 Å². The quantitative estimate of drug-likeness (QED) is 0.527. The van der Waals surface area contributed by atoms with Crippen LogP contribution < -0.4 is 0 Å². The lowest BCUT2D eigenvalue weighted by Gasteiger charge is -2.01. The number of aromatic nitrogens is 2. The van der Waals surface area contributed by atoms with E-state index in [4.69, 9.17) is 0 Å². The zero-order valence-corrected chi connectivity index (χ0v) is 14.2. The van der Waals surface area contributed by atoms with Gasteiger partial charge in [-0.1, -0.05) is 6.07 Å². The van der Waals surface area contributed by atoms with Crippen LogP contribution in [-0.2, 0) is 16.0 Å². The van der Waals surface area contributed by atoms with Crippen molar-refractivity contribution in [2.45, 2.75) is 20.3 Å². The van der Waals surface area contributed by atoms with Crippen LogP contribution in [0.15, 0.2) is 46.8 Å². The summed E-state index contributed by atoms with van der Waals surface area (Å²) in [6, 6.07) is 8.52. The van der Waals surface area contributed by atoms with Crippen molar-refractivity contribution in [3.8, 4) is 0 Å². The van der Waals surface area contributed by atoms with Crippen molar-refractivity contribution in [1.29, 1.82) is 0 Å². The molecular formula is C18H17FN4O2. The number of hydrogen-bond acceptors (Lipinski definition) is 5. The zero-order chi connectivity index (χ0) is 18.0. The number of carbonyl (C=O) groups is 1. The largest absolute Gasteiger partial charge is 0.469 e. The standard InChI is InChI=1S/C18H17FN4O2/c1-11-4-6-14(8-12(11)2)21-22-18-15(9-17(24)25-3)20-16-7-5-13(19)10-23(16)18/h4-8,10H,9H2,1-3H3. The van der Waals surface area contributed by atoms with Crippen LogP contribution in [0.2, 0.25) is 0 Å². The molecule has 0 spiro atoms. The summed E-state index contributed by atoms with van der Waals surface area (Å²) in [5.74, 6) is -0.582. The Bertz CT molecular complexity index is 979. The van der Waals surface area contributed by atoms with Gasteiger partial charge in [-0.15, -0.1) is 10.2 Å². The number of azo groups is 1. The molecule has 2 aromatic heterocycles. The number of pyridine rings is 1. The molecule has 2 heterocycles. The maximum absolute atomic E-state index is 13.6. The van der Waals surface area contributed by atoms with Gasteiger partial charge in [0.2, 0.25) is 0 Å². The Labute approximate surface area is 144 Å². The third-order valence-electron chi connectivity index (χ3n) is 3.92. The fourth-order valence-corrected chi connectivity index (χ4v) is 2.38. The van der Waals surface area contributed by atoms with Crippen LogP contribution in [0.25, 0.3) is 5.65 Å². The van der Waals surface area contributed by atoms with E-state index in [0.29, 0.717) is 22.8 Å². The van der Waals surface area contributed by atoms with Crippen molar-refractivity contribution in [1.82, 2.24) is 9.38 Å². The van der Waals surface area contributed by atoms with E-state index in [1.165, 1.54) is 29.8 Å². The number of nitrogens with zero attached hydrogens (tertiary/aromatic N) is 4. The number of hydrogen-bond donors (Lipinski definition) is 0. The summed E-state index contributed by atoms with van der Waals surface area (Å²) < 4.78 is 19.8. The van der Waals surface area contributed by atoms with Crippen LogP contribution in [0.4, 0.5) is 15.9 Å². The first-order valence-corrected chi connectivity index (χ1v) is 7.70. The number of fused-ring (bicyclic) bond motifs is 1. The first-order valence-electron chi connectivity index (χ1n) is 7.70. The number of ether oxygens (including phenoxy) is 1. The van der Waals surface area contributed by atoms with E-state index in [1.54, 1.807) is 0 Å². The molecule has 0 N–H and O–H groups in total. The molecule has 128 valence electrons. The van der Waals surface area contributed by atoms with Gasteiger partial charge in [0.1, 0.15) is 11.5 Å². The third-order valence-corrected chi connectivity index (χ3v) is 3.92. The molecule has 0 fully saturated rings. The average Bonchev–Trinajstić information content (AvgIpc) is 2.92. The second-order valence-electron chi connectivity index (χ2n) is 5.68. The average molecular weight is 340 g/mol. The first-order chi connectivity index (χ1) is 12.0. The predicted octanol–water partition coefficient (Wildman–Crippen LogP) is 4.22. The van der Waals surface area contributed by atoms with Crippen LogP contribution in [0.3, 0.4) is 0 Å². The van der Waals surface area contributed by atoms with E-state index in [1.807, 2.05) is 32.0 Å². The Hall–Kier alpha value is -3.09. The highest BCUT2D eigenvalue weighted by Gasteiger charge is 2.16. The molecule has 0 saturated carbocycles. The van der Waals surface area contributed by atoms with E-state index in [2.05, 4.69) is 19.9 Å². The van der Waals surface area contributed by atoms with Gasteiger partial charge in [-0.3, -0.25) is 9.20 Å². The summed E-state index contributed by atoms with van der Waals surface area (Å²) in [5, 5.41) is 8.43. The van der Waals surface area contributed by atoms with Crippen LogP contribution in [-0.4, -0.2) is 22.5 Å². The highest BCUT2D eigenvalue weighted by Crippen LogP contribution is 2.26. The molecule has 0 amide bonds. The minimum absolute atomic E-state index is 0.0684. The Kier molecular flexibility index (Phi) is 4.56. The second kappa shape index (κ2) is 6.80. The molecule has 0 saturated heterocycles. The number of aryl methyl sites for hydroxylation is 2. The monoisotopic (exact) mass is 340 g/mol. The lowest BCUT2D eigenvalue weighted by molar-refractivity contribution is -0.139. The van der Waals surface area contributed by atoms with Crippen LogP contribution in [0.1, 0.15) is 16.8 Å². The molecule has 0 aliphatic rings. The van der Waals surface area contributed by atoms with Gasteiger partial charge in [-0.25, -0.2) is 9.37 Å². The van der Waals surface area contributed by atoms with Crippen molar-refractivity contribution < 1.29 is 13.9 Å². The minimum Gasteiger partial charge on any atom is -0.469 e. The van der Waals surface area contributed by atoms with Gasteiger partial charge in [0.25, 0.3) is 0 Å². The Balaban J connectivity index is 2.06. The third kappa shape index (κ3) is 3.55. The number of halogens is 1. The molecule has 0 aliphatic heterocycles. The molecule has 1 aromatic carbocycles. The number of benzene rings is 1. The number of imidazole rings is 1. The number of carbonyl (C=O) groups excluding carboxylic acids is 1. The molecule has 0 aliphatic carbocycles. The van der Waals surface area contributed by atoms with Crippen LogP contribution in [0.5, 0.6) is 0 Å². The normalized spacial score (nSPS) is 11.4. The summed E-state index contributed by atoms with van der Waals surface area (Å²) in [6.07, 6.45) is 1.19. The fourth-order valence-electron chi connectivity index (χ4n) is 2.38. The van der Waals surface area contributed by atoms with Crippen molar-refractivity contribution >= 4 is 23.1 Å². The molecule has 0 unspecified atom stereocenters. The van der Waals surface area contributed by atoms with Gasteiger partial charge >= 0.3 is 5.97 Å². The molecule has 3 rings (SSSR count). The topological polar surface area (TPSA) is 68.3 Å². The van der Waals surface area contributed by atoms with Crippen LogP contribution in [0, 0.1) is 19.7 Å². The van der Waals surface area contributed by atoms with E-state index in [0.717, 1.165) is 11.1 Å². The number of methoxy groups -OCH3 is 1. The minimum atomic E-state index is -0.452. The lowest BCUT2D eigenvalue weighted by atomic mass is 10.1. The van der Waals surface area contributed by atoms with Crippen molar-refractivity contribution in [3.05, 3.63) is 59.2 Å². The highest BCUT2D eigenvalue weighted by atomic mass is 19.1. The van der Waals surface area contributed by atoms with Gasteiger partial charge in [0, 0.05) is 6.20 Å². The van der Waals surface area contributed by atoms with Crippen LogP contribution >= 0.6 is 0 Å². The van der Waals surface area contributed by atoms with Gasteiger partial charge < -0.3 is 4.74 Å². The van der Waals surface area contributed by atoms with Gasteiger partial charge in [0.15, 0.2) is 5.82 Å². The number of esters is 1. The maximum Gasteiger partial charge on any atom is 0.311 e. The fraction of sp³-hybridized carbons (Fsp3) is 0.222. The summed E-state index contributed by atoms with van der Waals surface area (Å²) in [4.78, 5) is 15.9. The van der Waals surface area contributed by atoms with E-state index in [9.17, 15) is 9.18 Å². The lowest BCUT2D eigenvalue weighted by Crippen LogP contribution is -2.04. The van der Waals surface area contributed by atoms with E-state index >= 15 is 0 Å². The summed E-state index contributed by atoms with van der Waals surface area (Å²) in [6.45, 7) is 4.00. The SMILES string of the molecule is COC(=O)Cc1nc2ccc(F)cn2c1N=Nc1ccc(C)c(C)c1. The van der Waals surface area contributed by atoms with Gasteiger partial charge in [-0.05, 0) is 49.2 Å². The van der Waals surface area contributed by atoms with E-state index in [-0.39, 0.29) is 6.42 Å². The van der Waals surface area contributed by atoms with Gasteiger partial charge in [0.05, 0.1) is 24.9 Å². The predicted molar refractivity (Wildman–Crippen MR) is 91.0 cm³/mol. The number of rotatable bonds is 4. The highest BCUT2D eigenvalue weighted by molar-refractivity contribution is 5.74. The summed E-state index contributed by atoms with van der Waals surface area (Å²) >= 11 is 0. The molecule has 6 nitrogen and oxygen atoms in total. The Morgan fingerprint density at radius 3 is 2.72 bits per heavy atom. The zero-order valence-electron chi connectivity index (χ0n) is 14.2. The maximum atomic E-state index is 13.6. The molecule has 0 radical (unpaired) electrons. The first kappa shape index (κ1) is 16.8. The van der Waals surface area contributed by atoms with Crippen molar-refractivity contribution in [2.24, 2.45) is 10.2 Å². The van der Waals surface area contributed by atoms with E-state index < -0.39 is 11.8 Å². The summed E-state index contributed by atoms with van der Waals surface area (Å²) in [7, 11) is 1.30. The molecule has 0 bridgehead atoms. The second-order valence-corrected chi connectivity index (χ2v) is 5.68. The van der Waals surface area contributed by atoms with Crippen molar-refractivity contribution in [3.63, 3.8) is 0 Å². The molecular weight excluding hydrogens is 323 g/mol. The summed E-state index contributed by atoms with van der Waals surface area (Å²) in [5.41, 5.74) is 3.77. The molecule has 0 atom stereocenters. The van der Waals surface area contributed by atoms with Crippen molar-refractivity contribution in [2.75, 3.05) is 7.11 Å². The Morgan fingerprint density at radius 1 is 1.20 bits per heavy atom. The molecule has 25 heavy (non-hydrogen) atoms. The smallest absolute Gasteiger partial charge is 0.311 e. The molecule has 3 aromatic rings. The Morgan fingerprint density at radius 2 is 2.00 bits per heavy atom.